The van der Waals surface area contributed by atoms with Crippen LogP contribution in [0.3, 0.4) is 0 Å². The number of ether oxygens (including phenoxy) is 1. The molecule has 0 saturated carbocycles. The number of hydrogen-bond acceptors (Lipinski definition) is 4. The van der Waals surface area contributed by atoms with E-state index in [4.69, 9.17) is 4.74 Å². The van der Waals surface area contributed by atoms with Gasteiger partial charge >= 0.3 is 0 Å². The molecule has 0 bridgehead atoms. The van der Waals surface area contributed by atoms with Gasteiger partial charge < -0.3 is 10.1 Å². The highest BCUT2D eigenvalue weighted by Gasteiger charge is 2.20. The summed E-state index contributed by atoms with van der Waals surface area (Å²) in [6.45, 7) is 1.15. The van der Waals surface area contributed by atoms with Crippen molar-refractivity contribution >= 4 is 21.6 Å². The molecule has 1 saturated heterocycles. The molecule has 0 spiro atoms. The lowest BCUT2D eigenvalue weighted by molar-refractivity contribution is -0.121. The van der Waals surface area contributed by atoms with E-state index in [1.54, 1.807) is 0 Å². The summed E-state index contributed by atoms with van der Waals surface area (Å²) in [5.74, 6) is -2.37. The zero-order chi connectivity index (χ0) is 18.4. The van der Waals surface area contributed by atoms with Gasteiger partial charge in [-0.1, -0.05) is 0 Å². The molecule has 1 aromatic rings. The van der Waals surface area contributed by atoms with Crippen molar-refractivity contribution < 1.29 is 26.7 Å². The number of benzene rings is 1. The van der Waals surface area contributed by atoms with Crippen LogP contribution >= 0.6 is 0 Å². The fourth-order valence-electron chi connectivity index (χ4n) is 2.63. The Balaban J connectivity index is 1.87. The van der Waals surface area contributed by atoms with E-state index in [2.05, 4.69) is 5.32 Å². The molecule has 2 rings (SSSR count). The maximum Gasteiger partial charge on any atom is 0.232 e. The second-order valence-electron chi connectivity index (χ2n) is 5.98. The number of carbonyl (C=O) groups excluding carboxylic acids is 1. The van der Waals surface area contributed by atoms with E-state index in [1.165, 1.54) is 6.07 Å². The highest BCUT2D eigenvalue weighted by Crippen LogP contribution is 2.21. The molecule has 1 aromatic carbocycles. The normalized spacial score (nSPS) is 17.5. The van der Waals surface area contributed by atoms with Crippen molar-refractivity contribution in [2.75, 3.05) is 30.3 Å². The maximum atomic E-state index is 13.4. The van der Waals surface area contributed by atoms with Gasteiger partial charge in [-0.2, -0.15) is 0 Å². The number of anilines is 1. The largest absolute Gasteiger partial charge is 0.376 e. The summed E-state index contributed by atoms with van der Waals surface area (Å²) in [5, 5.41) is 2.75. The minimum Gasteiger partial charge on any atom is -0.376 e. The van der Waals surface area contributed by atoms with E-state index in [9.17, 15) is 22.0 Å². The minimum absolute atomic E-state index is 0.00272. The van der Waals surface area contributed by atoms with Crippen molar-refractivity contribution in [3.8, 4) is 0 Å². The Morgan fingerprint density at radius 1 is 1.36 bits per heavy atom. The van der Waals surface area contributed by atoms with Crippen LogP contribution in [0.5, 0.6) is 0 Å². The molecule has 1 fully saturated rings. The molecule has 1 amide bonds. The van der Waals surface area contributed by atoms with E-state index >= 15 is 0 Å². The minimum atomic E-state index is -3.68. The molecular formula is C16H22F2N2O4S. The lowest BCUT2D eigenvalue weighted by Gasteiger charge is -2.22. The number of halogens is 2. The molecule has 0 radical (unpaired) electrons. The average Bonchev–Trinajstić information content (AvgIpc) is 3.05. The molecule has 140 valence electrons. The van der Waals surface area contributed by atoms with Crippen LogP contribution < -0.4 is 9.62 Å². The van der Waals surface area contributed by atoms with Gasteiger partial charge in [0.15, 0.2) is 11.6 Å². The van der Waals surface area contributed by atoms with E-state index < -0.39 is 21.7 Å². The lowest BCUT2D eigenvalue weighted by atomic mass is 10.2. The van der Waals surface area contributed by atoms with E-state index in [0.29, 0.717) is 13.2 Å². The standard InChI is InChI=1S/C16H22F2N2O4S/c1-25(22,23)20(12-6-7-14(17)15(18)10-12)8-2-5-16(21)19-11-13-4-3-9-24-13/h6-7,10,13H,2-5,8-9,11H2,1H3,(H,19,21). The molecule has 1 unspecified atom stereocenters. The number of nitrogens with one attached hydrogen (secondary N) is 1. The van der Waals surface area contributed by atoms with Crippen LogP contribution in [-0.2, 0) is 19.6 Å². The number of nitrogens with zero attached hydrogens (tertiary/aromatic N) is 1. The monoisotopic (exact) mass is 376 g/mol. The molecular weight excluding hydrogens is 354 g/mol. The Labute approximate surface area is 146 Å². The predicted molar refractivity (Wildman–Crippen MR) is 89.8 cm³/mol. The highest BCUT2D eigenvalue weighted by atomic mass is 32.2. The average molecular weight is 376 g/mol. The third kappa shape index (κ3) is 5.93. The van der Waals surface area contributed by atoms with Crippen LogP contribution in [0.1, 0.15) is 25.7 Å². The number of carbonyl (C=O) groups is 1. The Hall–Kier alpha value is -1.74. The van der Waals surface area contributed by atoms with Gasteiger partial charge in [-0.25, -0.2) is 17.2 Å². The number of hydrogen-bond donors (Lipinski definition) is 1. The van der Waals surface area contributed by atoms with Crippen LogP contribution in [0.25, 0.3) is 0 Å². The summed E-state index contributed by atoms with van der Waals surface area (Å²) in [7, 11) is -3.68. The number of rotatable bonds is 8. The third-order valence-corrected chi connectivity index (χ3v) is 5.10. The van der Waals surface area contributed by atoms with Gasteiger partial charge in [-0.15, -0.1) is 0 Å². The topological polar surface area (TPSA) is 75.7 Å². The second kappa shape index (κ2) is 8.57. The van der Waals surface area contributed by atoms with Crippen molar-refractivity contribution in [2.24, 2.45) is 0 Å². The van der Waals surface area contributed by atoms with Crippen LogP contribution in [0.4, 0.5) is 14.5 Å². The van der Waals surface area contributed by atoms with Gasteiger partial charge in [0.1, 0.15) is 0 Å². The first kappa shape index (κ1) is 19.6. The fourth-order valence-corrected chi connectivity index (χ4v) is 3.59. The summed E-state index contributed by atoms with van der Waals surface area (Å²) in [6, 6.07) is 2.89. The second-order valence-corrected chi connectivity index (χ2v) is 7.88. The van der Waals surface area contributed by atoms with E-state index in [0.717, 1.165) is 35.5 Å². The Kier molecular flexibility index (Phi) is 6.71. The van der Waals surface area contributed by atoms with Crippen LogP contribution in [-0.4, -0.2) is 46.4 Å². The van der Waals surface area contributed by atoms with Crippen molar-refractivity contribution in [1.82, 2.24) is 5.32 Å². The third-order valence-electron chi connectivity index (χ3n) is 3.91. The molecule has 1 N–H and O–H groups in total. The number of amides is 1. The molecule has 1 heterocycles. The van der Waals surface area contributed by atoms with Crippen LogP contribution in [0, 0.1) is 11.6 Å². The fraction of sp³-hybridized carbons (Fsp3) is 0.562. The maximum absolute atomic E-state index is 13.4. The molecule has 1 aliphatic heterocycles. The van der Waals surface area contributed by atoms with Crippen molar-refractivity contribution in [3.63, 3.8) is 0 Å². The van der Waals surface area contributed by atoms with Crippen LogP contribution in [0.15, 0.2) is 18.2 Å². The van der Waals surface area contributed by atoms with Crippen molar-refractivity contribution in [2.45, 2.75) is 31.8 Å². The van der Waals surface area contributed by atoms with Gasteiger partial charge in [0.25, 0.3) is 0 Å². The van der Waals surface area contributed by atoms with E-state index in [1.807, 2.05) is 0 Å². The first-order valence-corrected chi connectivity index (χ1v) is 9.93. The molecule has 0 aromatic heterocycles. The van der Waals surface area contributed by atoms with Gasteiger partial charge in [-0.05, 0) is 31.4 Å². The molecule has 6 nitrogen and oxygen atoms in total. The Bertz CT molecular complexity index is 706. The highest BCUT2D eigenvalue weighted by molar-refractivity contribution is 7.92. The predicted octanol–water partition coefficient (Wildman–Crippen LogP) is 1.81. The SMILES string of the molecule is CS(=O)(=O)N(CCCC(=O)NCC1CCCO1)c1ccc(F)c(F)c1. The zero-order valence-corrected chi connectivity index (χ0v) is 14.8. The Morgan fingerprint density at radius 3 is 2.72 bits per heavy atom. The lowest BCUT2D eigenvalue weighted by Crippen LogP contribution is -2.34. The smallest absolute Gasteiger partial charge is 0.232 e. The van der Waals surface area contributed by atoms with Gasteiger partial charge in [0, 0.05) is 32.2 Å². The molecule has 0 aliphatic carbocycles. The quantitative estimate of drug-likeness (QED) is 0.751. The van der Waals surface area contributed by atoms with Gasteiger partial charge in [0.05, 0.1) is 18.0 Å². The van der Waals surface area contributed by atoms with Crippen molar-refractivity contribution in [1.29, 1.82) is 0 Å². The first-order chi connectivity index (χ1) is 11.8. The molecule has 25 heavy (non-hydrogen) atoms. The molecule has 1 atom stereocenters. The van der Waals surface area contributed by atoms with Crippen molar-refractivity contribution in [3.05, 3.63) is 29.8 Å². The Morgan fingerprint density at radius 2 is 2.12 bits per heavy atom. The first-order valence-electron chi connectivity index (χ1n) is 8.08. The summed E-state index contributed by atoms with van der Waals surface area (Å²) in [5.41, 5.74) is 0.0289. The summed E-state index contributed by atoms with van der Waals surface area (Å²) < 4.78 is 56.5. The summed E-state index contributed by atoms with van der Waals surface area (Å²) in [4.78, 5) is 11.8. The van der Waals surface area contributed by atoms with Gasteiger partial charge in [-0.3, -0.25) is 9.10 Å². The summed E-state index contributed by atoms with van der Waals surface area (Å²) >= 11 is 0. The zero-order valence-electron chi connectivity index (χ0n) is 14.0. The van der Waals surface area contributed by atoms with Gasteiger partial charge in [0.2, 0.25) is 15.9 Å². The van der Waals surface area contributed by atoms with E-state index in [-0.39, 0.29) is 37.1 Å². The molecule has 9 heteroatoms. The van der Waals surface area contributed by atoms with Crippen LogP contribution in [0.2, 0.25) is 0 Å². The number of sulfonamides is 1. The summed E-state index contributed by atoms with van der Waals surface area (Å²) in [6.07, 6.45) is 3.30. The molecule has 1 aliphatic rings.